The SMILES string of the molecule is CNCc1ccc(-c2cc(-c3nc(-c4ccc(=O)n(C(C)C5CC5)c4)cnc3C)on2)cc1. The van der Waals surface area contributed by atoms with Gasteiger partial charge in [0, 0.05) is 42.0 Å². The zero-order chi connectivity index (χ0) is 22.9. The highest BCUT2D eigenvalue weighted by Crippen LogP contribution is 2.39. The lowest BCUT2D eigenvalue weighted by atomic mass is 10.1. The van der Waals surface area contributed by atoms with Gasteiger partial charge in [-0.1, -0.05) is 29.4 Å². The summed E-state index contributed by atoms with van der Waals surface area (Å²) < 4.78 is 7.47. The topological polar surface area (TPSA) is 85.8 Å². The minimum Gasteiger partial charge on any atom is -0.354 e. The maximum atomic E-state index is 12.4. The molecule has 0 aliphatic heterocycles. The largest absolute Gasteiger partial charge is 0.354 e. The van der Waals surface area contributed by atoms with Gasteiger partial charge in [0.15, 0.2) is 5.76 Å². The third-order valence-corrected chi connectivity index (χ3v) is 6.31. The molecule has 1 aliphatic rings. The number of hydrogen-bond donors (Lipinski definition) is 1. The molecule has 1 N–H and O–H groups in total. The molecule has 7 nitrogen and oxygen atoms in total. The molecule has 1 aromatic carbocycles. The molecule has 0 saturated heterocycles. The number of nitrogens with zero attached hydrogens (tertiary/aromatic N) is 4. The Bertz CT molecular complexity index is 1340. The van der Waals surface area contributed by atoms with Crippen molar-refractivity contribution in [2.24, 2.45) is 5.92 Å². The second-order valence-corrected chi connectivity index (χ2v) is 8.73. The van der Waals surface area contributed by atoms with Crippen LogP contribution in [-0.4, -0.2) is 26.7 Å². The van der Waals surface area contributed by atoms with Gasteiger partial charge in [-0.2, -0.15) is 0 Å². The predicted octanol–water partition coefficient (Wildman–Crippen LogP) is 4.63. The summed E-state index contributed by atoms with van der Waals surface area (Å²) >= 11 is 0. The van der Waals surface area contributed by atoms with Gasteiger partial charge in [-0.3, -0.25) is 9.78 Å². The van der Waals surface area contributed by atoms with Crippen LogP contribution in [0.5, 0.6) is 0 Å². The molecular formula is C26H27N5O2. The first-order chi connectivity index (χ1) is 16.0. The van der Waals surface area contributed by atoms with Gasteiger partial charge in [-0.15, -0.1) is 0 Å². The number of rotatable bonds is 7. The molecule has 1 atom stereocenters. The second-order valence-electron chi connectivity index (χ2n) is 8.73. The van der Waals surface area contributed by atoms with Crippen LogP contribution in [0.2, 0.25) is 0 Å². The normalized spacial score (nSPS) is 14.4. The Balaban J connectivity index is 1.46. The minimum absolute atomic E-state index is 0.0130. The summed E-state index contributed by atoms with van der Waals surface area (Å²) in [5.74, 6) is 1.15. The summed E-state index contributed by atoms with van der Waals surface area (Å²) in [6.45, 7) is 4.83. The van der Waals surface area contributed by atoms with Gasteiger partial charge in [0.05, 0.1) is 17.6 Å². The molecule has 3 aromatic heterocycles. The third-order valence-electron chi connectivity index (χ3n) is 6.31. The number of nitrogens with one attached hydrogen (secondary N) is 1. The van der Waals surface area contributed by atoms with E-state index in [4.69, 9.17) is 9.51 Å². The molecule has 3 heterocycles. The Morgan fingerprint density at radius 1 is 1.12 bits per heavy atom. The lowest BCUT2D eigenvalue weighted by Gasteiger charge is -2.15. The number of benzene rings is 1. The Hall–Kier alpha value is -3.58. The van der Waals surface area contributed by atoms with Crippen molar-refractivity contribution in [1.82, 2.24) is 25.0 Å². The van der Waals surface area contributed by atoms with Crippen molar-refractivity contribution in [2.75, 3.05) is 7.05 Å². The highest BCUT2D eigenvalue weighted by Gasteiger charge is 2.29. The molecule has 0 radical (unpaired) electrons. The van der Waals surface area contributed by atoms with Crippen molar-refractivity contribution < 1.29 is 4.52 Å². The van der Waals surface area contributed by atoms with Crippen molar-refractivity contribution in [3.63, 3.8) is 0 Å². The molecule has 4 aromatic rings. The average Bonchev–Trinajstić information content (AvgIpc) is 3.57. The highest BCUT2D eigenvalue weighted by atomic mass is 16.5. The van der Waals surface area contributed by atoms with E-state index < -0.39 is 0 Å². The summed E-state index contributed by atoms with van der Waals surface area (Å²) in [7, 11) is 1.93. The molecule has 1 fully saturated rings. The molecule has 5 rings (SSSR count). The van der Waals surface area contributed by atoms with Crippen LogP contribution < -0.4 is 10.9 Å². The van der Waals surface area contributed by atoms with Gasteiger partial charge >= 0.3 is 0 Å². The highest BCUT2D eigenvalue weighted by molar-refractivity contribution is 5.68. The molecule has 1 unspecified atom stereocenters. The van der Waals surface area contributed by atoms with Crippen molar-refractivity contribution in [2.45, 2.75) is 39.3 Å². The standard InChI is InChI=1S/C26H27N5O2/c1-16-26(24-12-22(30-33-24)20-6-4-18(5-7-20)13-27-3)29-23(14-28-16)21-10-11-25(32)31(15-21)17(2)19-8-9-19/h4-7,10-12,14-15,17,19,27H,8-9,13H2,1-3H3. The minimum atomic E-state index is 0.0130. The third kappa shape index (κ3) is 4.36. The Morgan fingerprint density at radius 3 is 2.61 bits per heavy atom. The summed E-state index contributed by atoms with van der Waals surface area (Å²) in [5, 5.41) is 7.40. The summed E-state index contributed by atoms with van der Waals surface area (Å²) in [5.41, 5.74) is 5.90. The zero-order valence-corrected chi connectivity index (χ0v) is 19.1. The molecule has 7 heteroatoms. The number of aryl methyl sites for hydroxylation is 1. The second kappa shape index (κ2) is 8.75. The van der Waals surface area contributed by atoms with E-state index in [1.807, 2.05) is 42.9 Å². The fraction of sp³-hybridized carbons (Fsp3) is 0.308. The maximum Gasteiger partial charge on any atom is 0.250 e. The number of hydrogen-bond acceptors (Lipinski definition) is 6. The van der Waals surface area contributed by atoms with Gasteiger partial charge in [-0.25, -0.2) is 4.98 Å². The monoisotopic (exact) mass is 441 g/mol. The van der Waals surface area contributed by atoms with Crippen molar-refractivity contribution in [3.05, 3.63) is 76.5 Å². The molecule has 1 saturated carbocycles. The predicted molar refractivity (Wildman–Crippen MR) is 128 cm³/mol. The van der Waals surface area contributed by atoms with Gasteiger partial charge in [0.2, 0.25) is 0 Å². The Labute approximate surface area is 192 Å². The molecule has 168 valence electrons. The maximum absolute atomic E-state index is 12.4. The molecule has 1 aliphatic carbocycles. The van der Waals surface area contributed by atoms with Crippen LogP contribution in [0.15, 0.2) is 64.2 Å². The van der Waals surface area contributed by atoms with Crippen molar-refractivity contribution in [1.29, 1.82) is 0 Å². The first kappa shape index (κ1) is 21.3. The summed E-state index contributed by atoms with van der Waals surface area (Å²) in [6, 6.07) is 13.7. The fourth-order valence-electron chi connectivity index (χ4n) is 4.12. The number of aromatic nitrogens is 4. The van der Waals surface area contributed by atoms with Gasteiger partial charge in [0.25, 0.3) is 5.56 Å². The molecular weight excluding hydrogens is 414 g/mol. The van der Waals surface area contributed by atoms with Gasteiger partial charge in [-0.05, 0) is 51.3 Å². The zero-order valence-electron chi connectivity index (χ0n) is 19.1. The van der Waals surface area contributed by atoms with Crippen LogP contribution >= 0.6 is 0 Å². The van der Waals surface area contributed by atoms with E-state index >= 15 is 0 Å². The van der Waals surface area contributed by atoms with E-state index in [0.29, 0.717) is 23.1 Å². The first-order valence-electron chi connectivity index (χ1n) is 11.3. The van der Waals surface area contributed by atoms with E-state index in [1.165, 1.54) is 18.4 Å². The first-order valence-corrected chi connectivity index (χ1v) is 11.3. The van der Waals surface area contributed by atoms with Crippen molar-refractivity contribution in [3.8, 4) is 34.0 Å². The molecule has 0 amide bonds. The van der Waals surface area contributed by atoms with Crippen LogP contribution in [0.25, 0.3) is 34.0 Å². The van der Waals surface area contributed by atoms with E-state index in [9.17, 15) is 4.79 Å². The van der Waals surface area contributed by atoms with Crippen LogP contribution in [0.1, 0.15) is 37.1 Å². The molecule has 0 bridgehead atoms. The summed E-state index contributed by atoms with van der Waals surface area (Å²) in [6.07, 6.45) is 5.99. The van der Waals surface area contributed by atoms with Gasteiger partial charge < -0.3 is 14.4 Å². The van der Waals surface area contributed by atoms with Crippen LogP contribution in [0.3, 0.4) is 0 Å². The van der Waals surface area contributed by atoms with Crippen LogP contribution in [0, 0.1) is 12.8 Å². The van der Waals surface area contributed by atoms with E-state index in [0.717, 1.165) is 29.1 Å². The lowest BCUT2D eigenvalue weighted by Crippen LogP contribution is -2.23. The van der Waals surface area contributed by atoms with E-state index in [-0.39, 0.29) is 11.6 Å². The Kier molecular flexibility index (Phi) is 5.64. The fourth-order valence-corrected chi connectivity index (χ4v) is 4.12. The molecule has 0 spiro atoms. The van der Waals surface area contributed by atoms with E-state index in [2.05, 4.69) is 34.5 Å². The number of pyridine rings is 1. The van der Waals surface area contributed by atoms with Crippen LogP contribution in [-0.2, 0) is 6.54 Å². The average molecular weight is 442 g/mol. The van der Waals surface area contributed by atoms with Crippen LogP contribution in [0.4, 0.5) is 0 Å². The lowest BCUT2D eigenvalue weighted by molar-refractivity contribution is 0.433. The van der Waals surface area contributed by atoms with Gasteiger partial charge in [0.1, 0.15) is 11.4 Å². The van der Waals surface area contributed by atoms with Crippen molar-refractivity contribution >= 4 is 0 Å². The van der Waals surface area contributed by atoms with E-state index in [1.54, 1.807) is 18.3 Å². The Morgan fingerprint density at radius 2 is 1.88 bits per heavy atom. The quantitative estimate of drug-likeness (QED) is 0.450. The smallest absolute Gasteiger partial charge is 0.250 e. The molecule has 33 heavy (non-hydrogen) atoms. The summed E-state index contributed by atoms with van der Waals surface area (Å²) in [4.78, 5) is 21.8.